The van der Waals surface area contributed by atoms with E-state index < -0.39 is 0 Å². The summed E-state index contributed by atoms with van der Waals surface area (Å²) >= 11 is 0. The third kappa shape index (κ3) is 3.08. The highest BCUT2D eigenvalue weighted by atomic mass is 16.3. The zero-order valence-electron chi connectivity index (χ0n) is 15.0. The Morgan fingerprint density at radius 1 is 1.08 bits per heavy atom. The average molecular weight is 346 g/mol. The van der Waals surface area contributed by atoms with Crippen LogP contribution in [0.3, 0.4) is 0 Å². The van der Waals surface area contributed by atoms with E-state index in [1.54, 1.807) is 18.5 Å². The van der Waals surface area contributed by atoms with Gasteiger partial charge in [0.1, 0.15) is 17.9 Å². The van der Waals surface area contributed by atoms with Gasteiger partial charge >= 0.3 is 0 Å². The van der Waals surface area contributed by atoms with E-state index in [4.69, 9.17) is 0 Å². The number of fused-ring (bicyclic) bond motifs is 2. The van der Waals surface area contributed by atoms with Crippen LogP contribution in [0.1, 0.15) is 30.9 Å². The summed E-state index contributed by atoms with van der Waals surface area (Å²) in [6, 6.07) is 11.7. The lowest BCUT2D eigenvalue weighted by atomic mass is 10.0. The number of hydrogen-bond acceptors (Lipinski definition) is 4. The number of aromatic nitrogens is 3. The maximum absolute atomic E-state index is 9.72. The van der Waals surface area contributed by atoms with Gasteiger partial charge in [0.2, 0.25) is 0 Å². The van der Waals surface area contributed by atoms with Gasteiger partial charge < -0.3 is 15.4 Å². The monoisotopic (exact) mass is 346 g/mol. The Bertz CT molecular complexity index is 1070. The van der Waals surface area contributed by atoms with E-state index in [-0.39, 0.29) is 5.75 Å². The molecule has 0 aliphatic heterocycles. The molecule has 0 atom stereocenters. The van der Waals surface area contributed by atoms with E-state index in [1.165, 1.54) is 11.1 Å². The zero-order chi connectivity index (χ0) is 18.1. The molecule has 0 amide bonds. The molecule has 4 aromatic rings. The summed E-state index contributed by atoms with van der Waals surface area (Å²) in [6.45, 7) is 5.12. The summed E-state index contributed by atoms with van der Waals surface area (Å²) < 4.78 is 0. The number of phenols is 1. The van der Waals surface area contributed by atoms with Crippen LogP contribution in [-0.4, -0.2) is 26.6 Å². The molecule has 2 heterocycles. The molecular formula is C21H22N4O. The Morgan fingerprint density at radius 2 is 1.96 bits per heavy atom. The highest BCUT2D eigenvalue weighted by Crippen LogP contribution is 2.26. The van der Waals surface area contributed by atoms with Gasteiger partial charge in [-0.2, -0.15) is 0 Å². The normalized spacial score (nSPS) is 11.5. The predicted octanol–water partition coefficient (Wildman–Crippen LogP) is 4.59. The van der Waals surface area contributed by atoms with Crippen LogP contribution in [0, 0.1) is 0 Å². The van der Waals surface area contributed by atoms with Crippen LogP contribution in [0.25, 0.3) is 21.8 Å². The van der Waals surface area contributed by atoms with E-state index in [2.05, 4.69) is 52.3 Å². The summed E-state index contributed by atoms with van der Waals surface area (Å²) in [5.41, 5.74) is 4.43. The van der Waals surface area contributed by atoms with Crippen LogP contribution in [0.2, 0.25) is 0 Å². The van der Waals surface area contributed by atoms with Crippen LogP contribution >= 0.6 is 0 Å². The number of hydrogen-bond donors (Lipinski definition) is 3. The van der Waals surface area contributed by atoms with Crippen molar-refractivity contribution in [3.63, 3.8) is 0 Å². The lowest BCUT2D eigenvalue weighted by molar-refractivity contribution is 0.476. The standard InChI is InChI=1S/C21H22N4O/c1-13(2)14-3-5-20-18(9-14)21(25-12-24-20)22-8-7-15-11-23-19-6-4-16(26)10-17(15)19/h3-6,9-13,23,26H,7-8H2,1-2H3,(H,22,24,25). The number of aromatic amines is 1. The Hall–Kier alpha value is -3.08. The van der Waals surface area contributed by atoms with Crippen LogP contribution in [-0.2, 0) is 6.42 Å². The van der Waals surface area contributed by atoms with E-state index in [1.807, 2.05) is 12.3 Å². The molecule has 0 radical (unpaired) electrons. The van der Waals surface area contributed by atoms with Crippen LogP contribution in [0.4, 0.5) is 5.82 Å². The molecule has 0 saturated carbocycles. The van der Waals surface area contributed by atoms with Crippen LogP contribution in [0.15, 0.2) is 48.9 Å². The van der Waals surface area contributed by atoms with Crippen molar-refractivity contribution in [3.05, 3.63) is 60.0 Å². The Labute approximate surface area is 152 Å². The summed E-state index contributed by atoms with van der Waals surface area (Å²) in [6.07, 6.45) is 4.43. The first kappa shape index (κ1) is 16.4. The van der Waals surface area contributed by atoms with Gasteiger partial charge in [0.15, 0.2) is 0 Å². The molecule has 132 valence electrons. The average Bonchev–Trinajstić information content (AvgIpc) is 3.03. The lowest BCUT2D eigenvalue weighted by Gasteiger charge is -2.11. The van der Waals surface area contributed by atoms with Gasteiger partial charge in [0.25, 0.3) is 0 Å². The zero-order valence-corrected chi connectivity index (χ0v) is 15.0. The number of anilines is 1. The second kappa shape index (κ2) is 6.67. The molecule has 2 aromatic carbocycles. The fourth-order valence-electron chi connectivity index (χ4n) is 3.26. The van der Waals surface area contributed by atoms with Crippen molar-refractivity contribution in [1.29, 1.82) is 0 Å². The van der Waals surface area contributed by atoms with Gasteiger partial charge in [-0.15, -0.1) is 0 Å². The minimum Gasteiger partial charge on any atom is -0.508 e. The number of nitrogens with zero attached hydrogens (tertiary/aromatic N) is 2. The van der Waals surface area contributed by atoms with Crippen molar-refractivity contribution in [1.82, 2.24) is 15.0 Å². The summed E-state index contributed by atoms with van der Waals surface area (Å²) in [4.78, 5) is 12.0. The number of nitrogens with one attached hydrogen (secondary N) is 2. The number of H-pyrrole nitrogens is 1. The minimum absolute atomic E-state index is 0.286. The van der Waals surface area contributed by atoms with Crippen molar-refractivity contribution in [2.75, 3.05) is 11.9 Å². The van der Waals surface area contributed by atoms with Gasteiger partial charge in [-0.25, -0.2) is 9.97 Å². The Kier molecular flexibility index (Phi) is 4.21. The van der Waals surface area contributed by atoms with Crippen molar-refractivity contribution >= 4 is 27.6 Å². The first-order valence-electron chi connectivity index (χ1n) is 8.89. The van der Waals surface area contributed by atoms with Gasteiger partial charge in [-0.1, -0.05) is 19.9 Å². The Morgan fingerprint density at radius 3 is 2.81 bits per heavy atom. The lowest BCUT2D eigenvalue weighted by Crippen LogP contribution is -2.07. The molecule has 0 fully saturated rings. The molecule has 26 heavy (non-hydrogen) atoms. The molecule has 5 heteroatoms. The minimum atomic E-state index is 0.286. The smallest absolute Gasteiger partial charge is 0.137 e. The van der Waals surface area contributed by atoms with Crippen LogP contribution in [0.5, 0.6) is 5.75 Å². The summed E-state index contributed by atoms with van der Waals surface area (Å²) in [7, 11) is 0. The molecule has 0 unspecified atom stereocenters. The predicted molar refractivity (Wildman–Crippen MR) is 106 cm³/mol. The number of phenolic OH excluding ortho intramolecular Hbond substituents is 1. The van der Waals surface area contributed by atoms with E-state index in [0.717, 1.165) is 40.6 Å². The largest absolute Gasteiger partial charge is 0.508 e. The molecule has 5 nitrogen and oxygen atoms in total. The fourth-order valence-corrected chi connectivity index (χ4v) is 3.26. The van der Waals surface area contributed by atoms with Gasteiger partial charge in [-0.05, 0) is 53.8 Å². The highest BCUT2D eigenvalue weighted by Gasteiger charge is 2.08. The third-order valence-corrected chi connectivity index (χ3v) is 4.76. The van der Waals surface area contributed by atoms with Gasteiger partial charge in [0.05, 0.1) is 5.52 Å². The van der Waals surface area contributed by atoms with Crippen molar-refractivity contribution in [3.8, 4) is 5.75 Å². The molecule has 4 rings (SSSR count). The van der Waals surface area contributed by atoms with Crippen LogP contribution < -0.4 is 5.32 Å². The molecular weight excluding hydrogens is 324 g/mol. The molecule has 0 aliphatic rings. The summed E-state index contributed by atoms with van der Waals surface area (Å²) in [5.74, 6) is 1.61. The number of benzene rings is 2. The molecule has 3 N–H and O–H groups in total. The topological polar surface area (TPSA) is 73.8 Å². The molecule has 0 bridgehead atoms. The second-order valence-electron chi connectivity index (χ2n) is 6.87. The van der Waals surface area contributed by atoms with E-state index >= 15 is 0 Å². The third-order valence-electron chi connectivity index (χ3n) is 4.76. The summed E-state index contributed by atoms with van der Waals surface area (Å²) in [5, 5.41) is 15.3. The van der Waals surface area contributed by atoms with Crippen molar-refractivity contribution in [2.45, 2.75) is 26.2 Å². The quantitative estimate of drug-likeness (QED) is 0.494. The van der Waals surface area contributed by atoms with E-state index in [0.29, 0.717) is 5.92 Å². The molecule has 0 saturated heterocycles. The van der Waals surface area contributed by atoms with Crippen molar-refractivity contribution in [2.24, 2.45) is 0 Å². The molecule has 0 spiro atoms. The fraction of sp³-hybridized carbons (Fsp3) is 0.238. The highest BCUT2D eigenvalue weighted by molar-refractivity contribution is 5.89. The Balaban J connectivity index is 1.55. The van der Waals surface area contributed by atoms with E-state index in [9.17, 15) is 5.11 Å². The van der Waals surface area contributed by atoms with Crippen molar-refractivity contribution < 1.29 is 5.11 Å². The maximum atomic E-state index is 9.72. The van der Waals surface area contributed by atoms with Gasteiger partial charge in [0, 0.05) is 29.0 Å². The maximum Gasteiger partial charge on any atom is 0.137 e. The first-order valence-corrected chi connectivity index (χ1v) is 8.89. The first-order chi connectivity index (χ1) is 12.6. The number of rotatable bonds is 5. The molecule has 2 aromatic heterocycles. The SMILES string of the molecule is CC(C)c1ccc2ncnc(NCCc3c[nH]c4ccc(O)cc34)c2c1. The second-order valence-corrected chi connectivity index (χ2v) is 6.87. The molecule has 0 aliphatic carbocycles. The number of aromatic hydroxyl groups is 1. The van der Waals surface area contributed by atoms with Gasteiger partial charge in [-0.3, -0.25) is 0 Å².